The third kappa shape index (κ3) is 4.14. The van der Waals surface area contributed by atoms with E-state index in [0.717, 1.165) is 24.3 Å². The number of methoxy groups -OCH3 is 1. The van der Waals surface area contributed by atoms with E-state index in [0.29, 0.717) is 30.5 Å². The van der Waals surface area contributed by atoms with Crippen LogP contribution in [-0.4, -0.2) is 60.6 Å². The van der Waals surface area contributed by atoms with Gasteiger partial charge in [-0.1, -0.05) is 11.6 Å². The molecule has 1 fully saturated rings. The molecule has 3 rings (SSSR count). The molecule has 1 aromatic carbocycles. The number of piperazine rings is 1. The van der Waals surface area contributed by atoms with E-state index in [1.165, 1.54) is 7.11 Å². The van der Waals surface area contributed by atoms with Crippen molar-refractivity contribution in [1.29, 1.82) is 0 Å². The van der Waals surface area contributed by atoms with Crippen LogP contribution in [0.25, 0.3) is 11.5 Å². The first-order chi connectivity index (χ1) is 11.7. The van der Waals surface area contributed by atoms with Gasteiger partial charge in [0.2, 0.25) is 11.8 Å². The van der Waals surface area contributed by atoms with Crippen molar-refractivity contribution < 1.29 is 13.9 Å². The van der Waals surface area contributed by atoms with Crippen molar-refractivity contribution in [2.24, 2.45) is 0 Å². The fourth-order valence-corrected chi connectivity index (χ4v) is 2.83. The van der Waals surface area contributed by atoms with Crippen molar-refractivity contribution in [2.45, 2.75) is 6.54 Å². The van der Waals surface area contributed by atoms with Crippen molar-refractivity contribution in [3.8, 4) is 11.5 Å². The van der Waals surface area contributed by atoms with Gasteiger partial charge in [-0.2, -0.15) is 0 Å². The lowest BCUT2D eigenvalue weighted by Crippen LogP contribution is -2.49. The minimum atomic E-state index is 0.0450. The summed E-state index contributed by atoms with van der Waals surface area (Å²) in [5.41, 5.74) is 1.79. The molecule has 2 heterocycles. The number of carbonyl (C=O) groups excluding carboxylic acids is 1. The molecule has 0 radical (unpaired) electrons. The number of rotatable bonds is 5. The number of halogens is 1. The lowest BCUT2D eigenvalue weighted by atomic mass is 10.2. The van der Waals surface area contributed by atoms with Crippen LogP contribution < -0.4 is 0 Å². The third-order valence-corrected chi connectivity index (χ3v) is 4.27. The standard InChI is InChI=1S/C17H20ClN3O3/c1-23-12-16(22)21-8-6-20(7-9-21)10-15-11-24-17(19-15)13-2-4-14(18)5-3-13/h2-5,11H,6-10,12H2,1H3. The average molecular weight is 350 g/mol. The Kier molecular flexibility index (Phi) is 5.50. The SMILES string of the molecule is COCC(=O)N1CCN(Cc2coc(-c3ccc(Cl)cc3)n2)CC1. The first kappa shape index (κ1) is 17.0. The van der Waals surface area contributed by atoms with E-state index in [4.69, 9.17) is 20.8 Å². The number of aromatic nitrogens is 1. The van der Waals surface area contributed by atoms with Gasteiger partial charge in [-0.3, -0.25) is 9.69 Å². The van der Waals surface area contributed by atoms with Gasteiger partial charge >= 0.3 is 0 Å². The van der Waals surface area contributed by atoms with Gasteiger partial charge in [0.05, 0.1) is 5.69 Å². The highest BCUT2D eigenvalue weighted by Crippen LogP contribution is 2.21. The summed E-state index contributed by atoms with van der Waals surface area (Å²) in [6, 6.07) is 7.41. The molecule has 2 aromatic rings. The number of hydrogen-bond donors (Lipinski definition) is 0. The largest absolute Gasteiger partial charge is 0.444 e. The fourth-order valence-electron chi connectivity index (χ4n) is 2.70. The summed E-state index contributed by atoms with van der Waals surface area (Å²) in [4.78, 5) is 20.4. The molecule has 0 atom stereocenters. The Balaban J connectivity index is 1.54. The van der Waals surface area contributed by atoms with Crippen LogP contribution in [0.2, 0.25) is 5.02 Å². The molecule has 0 N–H and O–H groups in total. The van der Waals surface area contributed by atoms with Gasteiger partial charge in [-0.15, -0.1) is 0 Å². The van der Waals surface area contributed by atoms with Crippen molar-refractivity contribution in [3.63, 3.8) is 0 Å². The van der Waals surface area contributed by atoms with Crippen molar-refractivity contribution in [1.82, 2.24) is 14.8 Å². The van der Waals surface area contributed by atoms with Gasteiger partial charge in [-0.05, 0) is 24.3 Å². The first-order valence-electron chi connectivity index (χ1n) is 7.85. The van der Waals surface area contributed by atoms with E-state index in [9.17, 15) is 4.79 Å². The molecule has 128 valence electrons. The molecule has 7 heteroatoms. The van der Waals surface area contributed by atoms with E-state index < -0.39 is 0 Å². The highest BCUT2D eigenvalue weighted by molar-refractivity contribution is 6.30. The highest BCUT2D eigenvalue weighted by atomic mass is 35.5. The molecule has 1 aliphatic rings. The quantitative estimate of drug-likeness (QED) is 0.829. The lowest BCUT2D eigenvalue weighted by Gasteiger charge is -2.34. The molecule has 1 aliphatic heterocycles. The summed E-state index contributed by atoms with van der Waals surface area (Å²) in [5.74, 6) is 0.638. The summed E-state index contributed by atoms with van der Waals surface area (Å²) in [6.45, 7) is 3.92. The van der Waals surface area contributed by atoms with Gasteiger partial charge in [0.1, 0.15) is 12.9 Å². The monoisotopic (exact) mass is 349 g/mol. The van der Waals surface area contributed by atoms with E-state index in [2.05, 4.69) is 9.88 Å². The zero-order valence-electron chi connectivity index (χ0n) is 13.6. The molecule has 0 unspecified atom stereocenters. The number of nitrogens with zero attached hydrogens (tertiary/aromatic N) is 3. The van der Waals surface area contributed by atoms with Crippen molar-refractivity contribution >= 4 is 17.5 Å². The predicted molar refractivity (Wildman–Crippen MR) is 90.7 cm³/mol. The molecule has 1 aromatic heterocycles. The smallest absolute Gasteiger partial charge is 0.248 e. The van der Waals surface area contributed by atoms with Crippen LogP contribution in [0.15, 0.2) is 34.9 Å². The second-order valence-electron chi connectivity index (χ2n) is 5.74. The van der Waals surface area contributed by atoms with Crippen LogP contribution in [0, 0.1) is 0 Å². The molecule has 24 heavy (non-hydrogen) atoms. The van der Waals surface area contributed by atoms with E-state index in [1.54, 1.807) is 6.26 Å². The molecule has 6 nitrogen and oxygen atoms in total. The molecule has 0 saturated carbocycles. The van der Waals surface area contributed by atoms with Crippen LogP contribution in [0.4, 0.5) is 0 Å². The first-order valence-corrected chi connectivity index (χ1v) is 8.23. The normalized spacial score (nSPS) is 15.7. The Morgan fingerprint density at radius 2 is 1.96 bits per heavy atom. The van der Waals surface area contributed by atoms with Gasteiger partial charge in [-0.25, -0.2) is 4.98 Å². The number of carbonyl (C=O) groups is 1. The van der Waals surface area contributed by atoms with Crippen LogP contribution in [0.1, 0.15) is 5.69 Å². The third-order valence-electron chi connectivity index (χ3n) is 4.02. The van der Waals surface area contributed by atoms with Crippen LogP contribution in [-0.2, 0) is 16.1 Å². The van der Waals surface area contributed by atoms with Crippen LogP contribution >= 0.6 is 11.6 Å². The summed E-state index contributed by atoms with van der Waals surface area (Å²) in [5, 5.41) is 0.687. The fraction of sp³-hybridized carbons (Fsp3) is 0.412. The van der Waals surface area contributed by atoms with Crippen molar-refractivity contribution in [3.05, 3.63) is 41.2 Å². The number of amides is 1. The number of ether oxygens (including phenoxy) is 1. The molecule has 0 aliphatic carbocycles. The zero-order valence-corrected chi connectivity index (χ0v) is 14.3. The Morgan fingerprint density at radius 3 is 2.62 bits per heavy atom. The second kappa shape index (κ2) is 7.79. The molecule has 0 bridgehead atoms. The Labute approximate surface area is 146 Å². The van der Waals surface area contributed by atoms with Gasteiger partial charge < -0.3 is 14.1 Å². The van der Waals surface area contributed by atoms with E-state index >= 15 is 0 Å². The minimum Gasteiger partial charge on any atom is -0.444 e. The minimum absolute atomic E-state index is 0.0450. The maximum Gasteiger partial charge on any atom is 0.248 e. The van der Waals surface area contributed by atoms with Gasteiger partial charge in [0.15, 0.2) is 0 Å². The number of benzene rings is 1. The topological polar surface area (TPSA) is 58.8 Å². The van der Waals surface area contributed by atoms with Crippen LogP contribution in [0.3, 0.4) is 0 Å². The molecular formula is C17H20ClN3O3. The molecule has 1 amide bonds. The summed E-state index contributed by atoms with van der Waals surface area (Å²) in [7, 11) is 1.54. The lowest BCUT2D eigenvalue weighted by molar-refractivity contribution is -0.136. The predicted octanol–water partition coefficient (Wildman–Crippen LogP) is 2.29. The van der Waals surface area contributed by atoms with Crippen LogP contribution in [0.5, 0.6) is 0 Å². The second-order valence-corrected chi connectivity index (χ2v) is 6.18. The summed E-state index contributed by atoms with van der Waals surface area (Å²) < 4.78 is 10.5. The number of oxazole rings is 1. The Hall–Kier alpha value is -1.89. The average Bonchev–Trinajstić information content (AvgIpc) is 3.05. The molecular weight excluding hydrogens is 330 g/mol. The highest BCUT2D eigenvalue weighted by Gasteiger charge is 2.21. The maximum absolute atomic E-state index is 11.8. The van der Waals surface area contributed by atoms with Gasteiger partial charge in [0.25, 0.3) is 0 Å². The van der Waals surface area contributed by atoms with Crippen molar-refractivity contribution in [2.75, 3.05) is 39.9 Å². The molecule has 1 saturated heterocycles. The summed E-state index contributed by atoms with van der Waals surface area (Å²) >= 11 is 5.89. The zero-order chi connectivity index (χ0) is 16.9. The molecule has 0 spiro atoms. The maximum atomic E-state index is 11.8. The van der Waals surface area contributed by atoms with Gasteiger partial charge in [0, 0.05) is 50.4 Å². The Morgan fingerprint density at radius 1 is 1.25 bits per heavy atom. The van der Waals surface area contributed by atoms with E-state index in [-0.39, 0.29) is 12.5 Å². The van der Waals surface area contributed by atoms with E-state index in [1.807, 2.05) is 29.2 Å². The number of hydrogen-bond acceptors (Lipinski definition) is 5. The Bertz CT molecular complexity index is 679. The summed E-state index contributed by atoms with van der Waals surface area (Å²) in [6.07, 6.45) is 1.69.